The fourth-order valence-corrected chi connectivity index (χ4v) is 1.86. The Labute approximate surface area is 100 Å². The highest BCUT2D eigenvalue weighted by Gasteiger charge is 2.00. The van der Waals surface area contributed by atoms with Crippen LogP contribution < -0.4 is 10.5 Å². The minimum absolute atomic E-state index is 0.514. The minimum atomic E-state index is 0.514. The van der Waals surface area contributed by atoms with Crippen LogP contribution in [0.15, 0.2) is 34.9 Å². The third-order valence-corrected chi connectivity index (χ3v) is 3.05. The van der Waals surface area contributed by atoms with Crippen molar-refractivity contribution >= 4 is 32.3 Å². The molecule has 1 aromatic carbocycles. The van der Waals surface area contributed by atoms with Gasteiger partial charge < -0.3 is 10.5 Å². The van der Waals surface area contributed by atoms with Crippen LogP contribution in [0.3, 0.4) is 0 Å². The van der Waals surface area contributed by atoms with Gasteiger partial charge in [0.15, 0.2) is 0 Å². The summed E-state index contributed by atoms with van der Waals surface area (Å²) in [7, 11) is 0. The molecule has 0 saturated carbocycles. The van der Waals surface area contributed by atoms with E-state index in [4.69, 9.17) is 10.5 Å². The van der Waals surface area contributed by atoms with E-state index >= 15 is 0 Å². The first-order chi connectivity index (χ1) is 7.24. The van der Waals surface area contributed by atoms with E-state index in [9.17, 15) is 0 Å². The zero-order valence-corrected chi connectivity index (χ0v) is 10.2. The van der Waals surface area contributed by atoms with Crippen molar-refractivity contribution in [1.82, 2.24) is 4.98 Å². The van der Waals surface area contributed by atoms with E-state index in [1.54, 1.807) is 6.20 Å². The van der Waals surface area contributed by atoms with Gasteiger partial charge in [0.05, 0.1) is 6.20 Å². The molecule has 0 aliphatic carbocycles. The molecule has 0 bridgehead atoms. The summed E-state index contributed by atoms with van der Waals surface area (Å²) in [4.78, 5) is 4.01. The standard InChI is InChI=1S/C10H9BrN2OS/c11-8-3-1-7(2-4-8)6-14-10-13-5-9(12)15-10/h1-5H,6,12H2. The lowest BCUT2D eigenvalue weighted by atomic mass is 10.2. The number of nitrogens with two attached hydrogens (primary N) is 1. The van der Waals surface area contributed by atoms with Crippen molar-refractivity contribution in [3.8, 4) is 5.19 Å². The monoisotopic (exact) mass is 284 g/mol. The summed E-state index contributed by atoms with van der Waals surface area (Å²) in [6.07, 6.45) is 1.60. The Bertz CT molecular complexity index is 441. The number of hydrogen-bond acceptors (Lipinski definition) is 4. The van der Waals surface area contributed by atoms with Crippen molar-refractivity contribution in [1.29, 1.82) is 0 Å². The van der Waals surface area contributed by atoms with E-state index in [-0.39, 0.29) is 0 Å². The molecule has 15 heavy (non-hydrogen) atoms. The number of thiazole rings is 1. The number of aromatic nitrogens is 1. The normalized spacial score (nSPS) is 10.2. The van der Waals surface area contributed by atoms with Crippen molar-refractivity contribution in [3.05, 3.63) is 40.5 Å². The second kappa shape index (κ2) is 4.63. The summed E-state index contributed by atoms with van der Waals surface area (Å²) in [5.41, 5.74) is 6.64. The number of benzene rings is 1. The van der Waals surface area contributed by atoms with Crippen LogP contribution in [-0.4, -0.2) is 4.98 Å². The van der Waals surface area contributed by atoms with E-state index in [0.29, 0.717) is 16.8 Å². The molecule has 2 rings (SSSR count). The lowest BCUT2D eigenvalue weighted by molar-refractivity contribution is 0.304. The third-order valence-electron chi connectivity index (χ3n) is 1.78. The van der Waals surface area contributed by atoms with Crippen molar-refractivity contribution in [2.45, 2.75) is 6.61 Å². The molecule has 0 saturated heterocycles. The topological polar surface area (TPSA) is 48.1 Å². The minimum Gasteiger partial charge on any atom is -0.465 e. The number of halogens is 1. The van der Waals surface area contributed by atoms with Gasteiger partial charge >= 0.3 is 0 Å². The van der Waals surface area contributed by atoms with Crippen molar-refractivity contribution in [3.63, 3.8) is 0 Å². The van der Waals surface area contributed by atoms with Crippen LogP contribution in [0.25, 0.3) is 0 Å². The van der Waals surface area contributed by atoms with Crippen LogP contribution in [0.4, 0.5) is 5.00 Å². The second-order valence-electron chi connectivity index (χ2n) is 2.94. The third kappa shape index (κ3) is 2.94. The van der Waals surface area contributed by atoms with Crippen LogP contribution in [0.2, 0.25) is 0 Å². The van der Waals surface area contributed by atoms with E-state index in [1.807, 2.05) is 24.3 Å². The lowest BCUT2D eigenvalue weighted by Crippen LogP contribution is -1.94. The molecular weight excluding hydrogens is 276 g/mol. The van der Waals surface area contributed by atoms with Gasteiger partial charge in [0, 0.05) is 4.47 Å². The molecule has 0 amide bonds. The first-order valence-corrected chi connectivity index (χ1v) is 5.93. The summed E-state index contributed by atoms with van der Waals surface area (Å²) >= 11 is 4.72. The number of nitrogens with zero attached hydrogens (tertiary/aromatic N) is 1. The Morgan fingerprint density at radius 3 is 2.67 bits per heavy atom. The maximum Gasteiger partial charge on any atom is 0.275 e. The van der Waals surface area contributed by atoms with Crippen molar-refractivity contribution in [2.75, 3.05) is 5.73 Å². The maximum atomic E-state index is 5.54. The van der Waals surface area contributed by atoms with E-state index in [2.05, 4.69) is 20.9 Å². The van der Waals surface area contributed by atoms with Gasteiger partial charge in [0.1, 0.15) is 11.6 Å². The van der Waals surface area contributed by atoms with Gasteiger partial charge in [0.25, 0.3) is 5.19 Å². The highest BCUT2D eigenvalue weighted by Crippen LogP contribution is 2.23. The molecule has 2 aromatic rings. The Morgan fingerprint density at radius 2 is 2.07 bits per heavy atom. The predicted molar refractivity (Wildman–Crippen MR) is 65.0 cm³/mol. The SMILES string of the molecule is Nc1cnc(OCc2ccc(Br)cc2)s1. The van der Waals surface area contributed by atoms with Gasteiger partial charge in [-0.2, -0.15) is 0 Å². The first kappa shape index (κ1) is 10.4. The predicted octanol–water partition coefficient (Wildman–Crippen LogP) is 3.07. The van der Waals surface area contributed by atoms with E-state index in [0.717, 1.165) is 10.0 Å². The van der Waals surface area contributed by atoms with Crippen LogP contribution >= 0.6 is 27.3 Å². The highest BCUT2D eigenvalue weighted by atomic mass is 79.9. The number of nitrogen functional groups attached to an aromatic ring is 1. The largest absolute Gasteiger partial charge is 0.465 e. The van der Waals surface area contributed by atoms with Gasteiger partial charge in [-0.3, -0.25) is 0 Å². The number of ether oxygens (including phenoxy) is 1. The maximum absolute atomic E-state index is 5.54. The molecule has 0 atom stereocenters. The second-order valence-corrected chi connectivity index (χ2v) is 4.88. The summed E-state index contributed by atoms with van der Waals surface area (Å²) < 4.78 is 6.52. The number of hydrogen-bond donors (Lipinski definition) is 1. The molecule has 5 heteroatoms. The summed E-state index contributed by atoms with van der Waals surface area (Å²) in [6, 6.07) is 7.96. The Hall–Kier alpha value is -1.07. The van der Waals surface area contributed by atoms with Gasteiger partial charge in [-0.25, -0.2) is 4.98 Å². The Balaban J connectivity index is 1.96. The lowest BCUT2D eigenvalue weighted by Gasteiger charge is -2.01. The molecule has 0 aliphatic heterocycles. The summed E-state index contributed by atoms with van der Waals surface area (Å²) in [6.45, 7) is 0.514. The molecule has 0 spiro atoms. The van der Waals surface area contributed by atoms with Crippen molar-refractivity contribution in [2.24, 2.45) is 0 Å². The fourth-order valence-electron chi connectivity index (χ4n) is 1.06. The number of anilines is 1. The smallest absolute Gasteiger partial charge is 0.275 e. The van der Waals surface area contributed by atoms with E-state index < -0.39 is 0 Å². The Morgan fingerprint density at radius 1 is 1.33 bits per heavy atom. The molecule has 1 aromatic heterocycles. The fraction of sp³-hybridized carbons (Fsp3) is 0.100. The highest BCUT2D eigenvalue weighted by molar-refractivity contribution is 9.10. The zero-order valence-electron chi connectivity index (χ0n) is 7.81. The van der Waals surface area contributed by atoms with Gasteiger partial charge in [0.2, 0.25) is 0 Å². The van der Waals surface area contributed by atoms with Crippen molar-refractivity contribution < 1.29 is 4.74 Å². The zero-order chi connectivity index (χ0) is 10.7. The average molecular weight is 285 g/mol. The van der Waals surface area contributed by atoms with E-state index in [1.165, 1.54) is 11.3 Å². The quantitative estimate of drug-likeness (QED) is 0.942. The summed E-state index contributed by atoms with van der Waals surface area (Å²) in [5, 5.41) is 1.27. The number of rotatable bonds is 3. The molecule has 0 aliphatic rings. The molecular formula is C10H9BrN2OS. The molecule has 1 heterocycles. The summed E-state index contributed by atoms with van der Waals surface area (Å²) in [5.74, 6) is 0. The Kier molecular flexibility index (Phi) is 3.23. The van der Waals surface area contributed by atoms with Gasteiger partial charge in [-0.1, -0.05) is 39.4 Å². The molecule has 0 fully saturated rings. The van der Waals surface area contributed by atoms with Gasteiger partial charge in [-0.05, 0) is 17.7 Å². The average Bonchev–Trinajstić information content (AvgIpc) is 2.64. The molecule has 2 N–H and O–H groups in total. The molecule has 78 valence electrons. The molecule has 0 radical (unpaired) electrons. The van der Waals surface area contributed by atoms with Crippen LogP contribution in [0.1, 0.15) is 5.56 Å². The van der Waals surface area contributed by atoms with Gasteiger partial charge in [-0.15, -0.1) is 0 Å². The van der Waals surface area contributed by atoms with Crippen LogP contribution in [0, 0.1) is 0 Å². The first-order valence-electron chi connectivity index (χ1n) is 4.32. The molecule has 3 nitrogen and oxygen atoms in total. The van der Waals surface area contributed by atoms with Crippen LogP contribution in [-0.2, 0) is 6.61 Å². The molecule has 0 unspecified atom stereocenters. The van der Waals surface area contributed by atoms with Crippen LogP contribution in [0.5, 0.6) is 5.19 Å².